The van der Waals surface area contributed by atoms with Crippen molar-refractivity contribution in [3.8, 4) is 0 Å². The van der Waals surface area contributed by atoms with Gasteiger partial charge in [-0.15, -0.1) is 0 Å². The van der Waals surface area contributed by atoms with E-state index in [1.165, 1.54) is 6.92 Å². The second kappa shape index (κ2) is 5.79. The topological polar surface area (TPSA) is 75.3 Å². The first-order valence-electron chi connectivity index (χ1n) is 5.18. The average molecular weight is 256 g/mol. The van der Waals surface area contributed by atoms with E-state index in [1.807, 2.05) is 0 Å². The van der Waals surface area contributed by atoms with Crippen LogP contribution in [0.5, 0.6) is 0 Å². The summed E-state index contributed by atoms with van der Waals surface area (Å²) >= 11 is 0. The first-order valence-corrected chi connectivity index (χ1v) is 7.07. The lowest BCUT2D eigenvalue weighted by Gasteiger charge is -2.07. The van der Waals surface area contributed by atoms with Crippen LogP contribution in [0.3, 0.4) is 0 Å². The van der Waals surface area contributed by atoms with Crippen LogP contribution in [0.2, 0.25) is 0 Å². The number of ketones is 1. The first-order chi connectivity index (χ1) is 7.88. The molecule has 0 saturated carbocycles. The number of sulfonamides is 1. The molecule has 0 aliphatic carbocycles. The molecule has 6 heteroatoms. The summed E-state index contributed by atoms with van der Waals surface area (Å²) in [5.41, 5.74) is 1.51. The maximum absolute atomic E-state index is 11.0. The minimum absolute atomic E-state index is 0.0234. The quantitative estimate of drug-likeness (QED) is 0.584. The summed E-state index contributed by atoms with van der Waals surface area (Å²) in [6.07, 6.45) is 1.12. The van der Waals surface area contributed by atoms with Crippen LogP contribution in [-0.2, 0) is 10.0 Å². The number of benzene rings is 1. The molecular formula is C11H16N2O3S. The van der Waals surface area contributed by atoms with Crippen molar-refractivity contribution in [2.45, 2.75) is 6.92 Å². The van der Waals surface area contributed by atoms with E-state index in [-0.39, 0.29) is 5.78 Å². The Kier molecular flexibility index (Phi) is 4.65. The highest BCUT2D eigenvalue weighted by Crippen LogP contribution is 2.09. The Bertz CT molecular complexity index is 480. The van der Waals surface area contributed by atoms with Crippen LogP contribution in [0.4, 0.5) is 5.69 Å². The highest BCUT2D eigenvalue weighted by atomic mass is 32.2. The molecule has 0 amide bonds. The molecular weight excluding hydrogens is 240 g/mol. The van der Waals surface area contributed by atoms with E-state index in [2.05, 4.69) is 10.0 Å². The summed E-state index contributed by atoms with van der Waals surface area (Å²) in [5.74, 6) is 0.0234. The van der Waals surface area contributed by atoms with Crippen molar-refractivity contribution in [2.24, 2.45) is 0 Å². The van der Waals surface area contributed by atoms with Gasteiger partial charge in [-0.05, 0) is 31.2 Å². The van der Waals surface area contributed by atoms with Crippen molar-refractivity contribution in [2.75, 3.05) is 24.7 Å². The predicted molar refractivity (Wildman–Crippen MR) is 67.8 cm³/mol. The fraction of sp³-hybridized carbons (Fsp3) is 0.364. The lowest BCUT2D eigenvalue weighted by molar-refractivity contribution is 0.101. The van der Waals surface area contributed by atoms with Gasteiger partial charge >= 0.3 is 0 Å². The molecule has 94 valence electrons. The zero-order valence-electron chi connectivity index (χ0n) is 9.86. The molecule has 17 heavy (non-hydrogen) atoms. The van der Waals surface area contributed by atoms with Crippen molar-refractivity contribution in [1.29, 1.82) is 0 Å². The van der Waals surface area contributed by atoms with Gasteiger partial charge in [-0.3, -0.25) is 4.79 Å². The van der Waals surface area contributed by atoms with Gasteiger partial charge in [0.05, 0.1) is 6.26 Å². The molecule has 0 atom stereocenters. The Hall–Kier alpha value is -1.40. The minimum atomic E-state index is -3.13. The molecule has 0 spiro atoms. The number of carbonyl (C=O) groups excluding carboxylic acids is 1. The fourth-order valence-corrected chi connectivity index (χ4v) is 1.74. The second-order valence-corrected chi connectivity index (χ2v) is 5.56. The number of anilines is 1. The zero-order valence-corrected chi connectivity index (χ0v) is 10.7. The largest absolute Gasteiger partial charge is 0.384 e. The van der Waals surface area contributed by atoms with Gasteiger partial charge in [-0.1, -0.05) is 0 Å². The van der Waals surface area contributed by atoms with Gasteiger partial charge in [-0.2, -0.15) is 0 Å². The SMILES string of the molecule is CC(=O)c1ccc(NCCNS(C)(=O)=O)cc1. The second-order valence-electron chi connectivity index (χ2n) is 3.73. The summed E-state index contributed by atoms with van der Waals surface area (Å²) in [4.78, 5) is 11.0. The summed E-state index contributed by atoms with van der Waals surface area (Å²) in [5, 5.41) is 3.05. The van der Waals surface area contributed by atoms with Crippen LogP contribution in [0.15, 0.2) is 24.3 Å². The van der Waals surface area contributed by atoms with Gasteiger partial charge in [0.25, 0.3) is 0 Å². The predicted octanol–water partition coefficient (Wildman–Crippen LogP) is 0.850. The van der Waals surface area contributed by atoms with E-state index in [0.717, 1.165) is 11.9 Å². The van der Waals surface area contributed by atoms with Gasteiger partial charge in [0.15, 0.2) is 5.78 Å². The lowest BCUT2D eigenvalue weighted by atomic mass is 10.1. The van der Waals surface area contributed by atoms with Crippen LogP contribution >= 0.6 is 0 Å². The van der Waals surface area contributed by atoms with Gasteiger partial charge in [0.2, 0.25) is 10.0 Å². The molecule has 0 aromatic heterocycles. The van der Waals surface area contributed by atoms with Crippen molar-refractivity contribution in [3.63, 3.8) is 0 Å². The maximum Gasteiger partial charge on any atom is 0.208 e. The Balaban J connectivity index is 2.40. The number of nitrogens with one attached hydrogen (secondary N) is 2. The highest BCUT2D eigenvalue weighted by Gasteiger charge is 2.00. The Morgan fingerprint density at radius 1 is 1.18 bits per heavy atom. The van der Waals surface area contributed by atoms with Crippen molar-refractivity contribution in [3.05, 3.63) is 29.8 Å². The number of hydrogen-bond acceptors (Lipinski definition) is 4. The van der Waals surface area contributed by atoms with E-state index < -0.39 is 10.0 Å². The zero-order chi connectivity index (χ0) is 12.9. The standard InChI is InChI=1S/C11H16N2O3S/c1-9(14)10-3-5-11(6-4-10)12-7-8-13-17(2,15)16/h3-6,12-13H,7-8H2,1-2H3. The van der Waals surface area contributed by atoms with Crippen molar-refractivity contribution < 1.29 is 13.2 Å². The van der Waals surface area contributed by atoms with Gasteiger partial charge in [-0.25, -0.2) is 13.1 Å². The molecule has 0 radical (unpaired) electrons. The number of rotatable bonds is 6. The van der Waals surface area contributed by atoms with Crippen LogP contribution in [0, 0.1) is 0 Å². The fourth-order valence-electron chi connectivity index (χ4n) is 1.27. The summed E-state index contributed by atoms with van der Waals surface area (Å²) in [6, 6.07) is 7.04. The molecule has 0 fully saturated rings. The molecule has 1 aromatic carbocycles. The van der Waals surface area contributed by atoms with Crippen LogP contribution in [-0.4, -0.2) is 33.5 Å². The van der Waals surface area contributed by atoms with Gasteiger partial charge < -0.3 is 5.32 Å². The van der Waals surface area contributed by atoms with Gasteiger partial charge in [0.1, 0.15) is 0 Å². The third-order valence-electron chi connectivity index (χ3n) is 2.11. The van der Waals surface area contributed by atoms with Crippen LogP contribution in [0.25, 0.3) is 0 Å². The van der Waals surface area contributed by atoms with Crippen LogP contribution in [0.1, 0.15) is 17.3 Å². The Labute approximate surface area is 101 Å². The molecule has 1 aromatic rings. The maximum atomic E-state index is 11.0. The number of Topliss-reactive ketones (excluding diaryl/α,β-unsaturated/α-hetero) is 1. The molecule has 0 heterocycles. The van der Waals surface area contributed by atoms with E-state index in [0.29, 0.717) is 18.7 Å². The molecule has 0 aliphatic rings. The van der Waals surface area contributed by atoms with E-state index >= 15 is 0 Å². The van der Waals surface area contributed by atoms with Crippen molar-refractivity contribution in [1.82, 2.24) is 4.72 Å². The van der Waals surface area contributed by atoms with E-state index in [9.17, 15) is 13.2 Å². The number of hydrogen-bond donors (Lipinski definition) is 2. The molecule has 0 bridgehead atoms. The molecule has 2 N–H and O–H groups in total. The summed E-state index contributed by atoms with van der Waals surface area (Å²) in [6.45, 7) is 2.33. The highest BCUT2D eigenvalue weighted by molar-refractivity contribution is 7.88. The molecule has 0 saturated heterocycles. The van der Waals surface area contributed by atoms with E-state index in [4.69, 9.17) is 0 Å². The van der Waals surface area contributed by atoms with E-state index in [1.54, 1.807) is 24.3 Å². The Morgan fingerprint density at radius 3 is 2.24 bits per heavy atom. The number of carbonyl (C=O) groups is 1. The minimum Gasteiger partial charge on any atom is -0.384 e. The molecule has 0 unspecified atom stereocenters. The monoisotopic (exact) mass is 256 g/mol. The third kappa shape index (κ3) is 5.46. The van der Waals surface area contributed by atoms with Crippen molar-refractivity contribution >= 4 is 21.5 Å². The van der Waals surface area contributed by atoms with Crippen LogP contribution < -0.4 is 10.0 Å². The lowest BCUT2D eigenvalue weighted by Crippen LogP contribution is -2.27. The third-order valence-corrected chi connectivity index (χ3v) is 2.84. The molecule has 5 nitrogen and oxygen atoms in total. The Morgan fingerprint density at radius 2 is 1.76 bits per heavy atom. The summed E-state index contributed by atoms with van der Waals surface area (Å²) < 4.78 is 23.9. The summed E-state index contributed by atoms with van der Waals surface area (Å²) in [7, 11) is -3.13. The molecule has 1 rings (SSSR count). The van der Waals surface area contributed by atoms with Gasteiger partial charge in [0, 0.05) is 24.3 Å². The normalized spacial score (nSPS) is 11.2. The molecule has 0 aliphatic heterocycles. The average Bonchev–Trinajstić information content (AvgIpc) is 2.24. The first kappa shape index (κ1) is 13.7. The smallest absolute Gasteiger partial charge is 0.208 e.